The van der Waals surface area contributed by atoms with Gasteiger partial charge in [-0.2, -0.15) is 10.2 Å². The van der Waals surface area contributed by atoms with Crippen LogP contribution in [0.25, 0.3) is 20.7 Å². The summed E-state index contributed by atoms with van der Waals surface area (Å²) >= 11 is 7.83. The molecule has 250 valence electrons. The molecule has 12 heteroatoms. The summed E-state index contributed by atoms with van der Waals surface area (Å²) < 4.78 is 2.57. The molecule has 2 aromatic heterocycles. The summed E-state index contributed by atoms with van der Waals surface area (Å²) in [4.78, 5) is 57.9. The predicted octanol–water partition coefficient (Wildman–Crippen LogP) is 6.32. The Labute approximate surface area is 290 Å². The van der Waals surface area contributed by atoms with E-state index in [1.165, 1.54) is 9.58 Å². The molecular formula is C37H33ClN4O6S. The van der Waals surface area contributed by atoms with Crippen molar-refractivity contribution in [3.63, 3.8) is 0 Å². The molecule has 0 bridgehead atoms. The van der Waals surface area contributed by atoms with Crippen molar-refractivity contribution in [2.75, 3.05) is 4.90 Å². The van der Waals surface area contributed by atoms with Gasteiger partial charge in [0.2, 0.25) is 11.8 Å². The number of halogens is 1. The smallest absolute Gasteiger partial charge is 0.257 e. The van der Waals surface area contributed by atoms with Crippen molar-refractivity contribution in [1.82, 2.24) is 14.8 Å². The number of fused-ring (bicyclic) bond motifs is 5. The number of phenolic OH excluding ortho intramolecular Hbond substituents is 1. The number of benzene rings is 2. The van der Waals surface area contributed by atoms with E-state index in [9.17, 15) is 29.5 Å². The Morgan fingerprint density at radius 2 is 1.88 bits per heavy atom. The molecule has 4 heterocycles. The number of imide groups is 2. The first-order valence-electron chi connectivity index (χ1n) is 16.2. The lowest BCUT2D eigenvalue weighted by molar-refractivity contribution is -0.173. The van der Waals surface area contributed by atoms with Gasteiger partial charge in [0.15, 0.2) is 0 Å². The number of carbonyl (C=O) groups is 4. The zero-order valence-corrected chi connectivity index (χ0v) is 28.6. The van der Waals surface area contributed by atoms with Crippen molar-refractivity contribution < 1.29 is 29.5 Å². The second kappa shape index (κ2) is 11.0. The fraction of sp³-hybridized carbons (Fsp3) is 0.324. The molecule has 2 saturated heterocycles. The zero-order chi connectivity index (χ0) is 34.7. The molecule has 2 N–H and O–H groups in total. The predicted molar refractivity (Wildman–Crippen MR) is 184 cm³/mol. The van der Waals surface area contributed by atoms with Crippen LogP contribution < -0.4 is 4.90 Å². The second-order valence-corrected chi connectivity index (χ2v) is 15.2. The molecule has 4 aliphatic rings. The quantitative estimate of drug-likeness (QED) is 0.142. The minimum absolute atomic E-state index is 0.00415. The van der Waals surface area contributed by atoms with E-state index in [2.05, 4.69) is 6.58 Å². The van der Waals surface area contributed by atoms with Crippen molar-refractivity contribution in [2.24, 2.45) is 36.1 Å². The van der Waals surface area contributed by atoms with E-state index in [1.54, 1.807) is 55.6 Å². The number of hydrogen-bond donors (Lipinski definition) is 2. The Morgan fingerprint density at radius 3 is 2.63 bits per heavy atom. The van der Waals surface area contributed by atoms with Gasteiger partial charge in [-0.15, -0.1) is 17.9 Å². The number of para-hydroxylation sites is 1. The number of thiophene rings is 1. The van der Waals surface area contributed by atoms with E-state index in [0.717, 1.165) is 26.1 Å². The van der Waals surface area contributed by atoms with Gasteiger partial charge in [0.1, 0.15) is 17.3 Å². The van der Waals surface area contributed by atoms with E-state index in [-0.39, 0.29) is 23.7 Å². The molecule has 2 aliphatic heterocycles. The van der Waals surface area contributed by atoms with Gasteiger partial charge in [-0.25, -0.2) is 4.90 Å². The third-order valence-corrected chi connectivity index (χ3v) is 12.8. The van der Waals surface area contributed by atoms with Gasteiger partial charge in [-0.05, 0) is 73.7 Å². The van der Waals surface area contributed by atoms with Crippen LogP contribution in [0.15, 0.2) is 66.8 Å². The van der Waals surface area contributed by atoms with E-state index < -0.39 is 58.6 Å². The molecule has 0 spiro atoms. The van der Waals surface area contributed by atoms with Gasteiger partial charge in [0.05, 0.1) is 28.0 Å². The highest BCUT2D eigenvalue weighted by atomic mass is 35.5. The molecule has 4 amide bonds. The average molecular weight is 697 g/mol. The normalized spacial score (nSPS) is 27.9. The first kappa shape index (κ1) is 31.7. The number of allylic oxidation sites excluding steroid dienone is 3. The zero-order valence-electron chi connectivity index (χ0n) is 27.0. The van der Waals surface area contributed by atoms with Gasteiger partial charge >= 0.3 is 0 Å². The maximum absolute atomic E-state index is 14.9. The van der Waals surface area contributed by atoms with Crippen LogP contribution in [0.3, 0.4) is 0 Å². The fourth-order valence-corrected chi connectivity index (χ4v) is 10.3. The van der Waals surface area contributed by atoms with Gasteiger partial charge in [-0.1, -0.05) is 47.5 Å². The summed E-state index contributed by atoms with van der Waals surface area (Å²) in [7, 11) is 1.69. The van der Waals surface area contributed by atoms with Crippen molar-refractivity contribution in [3.8, 4) is 16.3 Å². The van der Waals surface area contributed by atoms with Gasteiger partial charge in [-0.3, -0.25) is 29.1 Å². The summed E-state index contributed by atoms with van der Waals surface area (Å²) in [6.07, 6.45) is 4.25. The van der Waals surface area contributed by atoms with Gasteiger partial charge < -0.3 is 5.11 Å². The number of hydroxylamine groups is 2. The first-order chi connectivity index (χ1) is 23.4. The molecule has 0 radical (unpaired) electrons. The maximum atomic E-state index is 14.9. The molecule has 1 saturated carbocycles. The second-order valence-electron chi connectivity index (χ2n) is 13.7. The van der Waals surface area contributed by atoms with E-state index in [0.29, 0.717) is 34.1 Å². The number of aromatic hydroxyl groups is 1. The summed E-state index contributed by atoms with van der Waals surface area (Å²) in [5.41, 5.74) is 2.04. The third-order valence-electron chi connectivity index (χ3n) is 11.3. The molecule has 2 aromatic carbocycles. The van der Waals surface area contributed by atoms with E-state index in [1.807, 2.05) is 31.2 Å². The molecule has 49 heavy (non-hydrogen) atoms. The van der Waals surface area contributed by atoms with Crippen LogP contribution in [0.1, 0.15) is 42.4 Å². The fourth-order valence-electron chi connectivity index (χ4n) is 8.94. The summed E-state index contributed by atoms with van der Waals surface area (Å²) in [6.45, 7) is 7.57. The summed E-state index contributed by atoms with van der Waals surface area (Å²) in [6, 6.07) is 12.8. The molecule has 6 unspecified atom stereocenters. The number of amides is 4. The maximum Gasteiger partial charge on any atom is 0.257 e. The number of anilines is 1. The molecule has 2 aliphatic carbocycles. The van der Waals surface area contributed by atoms with E-state index in [4.69, 9.17) is 16.7 Å². The standard InChI is InChI=1S/C37H33ClN4O6S/c1-5-7-18-8-6-9-22(31(18)43)30-20-11-12-21-29(35(46)42(48)33(21)44)24(20)15-25-34(45)41(36(47)37(25,30)3)28-16-26(39-40(28)4)32-17(2)23-14-19(38)10-13-27(23)49-32/h5-6,8-11,13-14,16,21,24-25,29-30,43,48H,1,7,12,15H2,2-4H3. The Bertz CT molecular complexity index is 2200. The highest BCUT2D eigenvalue weighted by molar-refractivity contribution is 7.22. The van der Waals surface area contributed by atoms with Crippen molar-refractivity contribution in [2.45, 2.75) is 39.0 Å². The lowest BCUT2D eigenvalue weighted by Crippen LogP contribution is -2.48. The third kappa shape index (κ3) is 4.25. The van der Waals surface area contributed by atoms with Gasteiger partial charge in [0.25, 0.3) is 11.8 Å². The SMILES string of the molecule is C=CCc1cccc(C2C3=CCC4C(=O)N(O)C(=O)C4C3CC3C(=O)N(c4cc(-c5sc6ccc(Cl)cc6c5C)nn4C)C(=O)C32C)c1O. The Kier molecular flexibility index (Phi) is 7.09. The molecule has 4 aromatic rings. The average Bonchev–Trinajstić information content (AvgIpc) is 3.73. The van der Waals surface area contributed by atoms with Crippen LogP contribution in [0.5, 0.6) is 5.75 Å². The Morgan fingerprint density at radius 1 is 1.10 bits per heavy atom. The van der Waals surface area contributed by atoms with Crippen LogP contribution >= 0.6 is 22.9 Å². The molecular weight excluding hydrogens is 664 g/mol. The largest absolute Gasteiger partial charge is 0.507 e. The Balaban J connectivity index is 1.27. The number of rotatable bonds is 5. The lowest BCUT2D eigenvalue weighted by atomic mass is 9.51. The van der Waals surface area contributed by atoms with Crippen LogP contribution in [0.4, 0.5) is 5.82 Å². The van der Waals surface area contributed by atoms with Gasteiger partial charge in [0, 0.05) is 34.3 Å². The monoisotopic (exact) mass is 696 g/mol. The molecule has 10 nitrogen and oxygen atoms in total. The molecule has 8 rings (SSSR count). The summed E-state index contributed by atoms with van der Waals surface area (Å²) in [5.74, 6) is -5.88. The van der Waals surface area contributed by atoms with Crippen LogP contribution in [-0.2, 0) is 32.6 Å². The van der Waals surface area contributed by atoms with Crippen molar-refractivity contribution >= 4 is 62.5 Å². The number of aromatic nitrogens is 2. The molecule has 3 fully saturated rings. The highest BCUT2D eigenvalue weighted by Crippen LogP contribution is 2.64. The number of carbonyl (C=O) groups excluding carboxylic acids is 4. The van der Waals surface area contributed by atoms with Crippen LogP contribution in [-0.4, -0.2) is 48.8 Å². The number of aryl methyl sites for hydroxylation is 2. The van der Waals surface area contributed by atoms with Crippen molar-refractivity contribution in [1.29, 1.82) is 0 Å². The number of phenols is 1. The minimum atomic E-state index is -1.35. The first-order valence-corrected chi connectivity index (χ1v) is 17.4. The Hall–Kier alpha value is -4.58. The van der Waals surface area contributed by atoms with Crippen LogP contribution in [0.2, 0.25) is 5.02 Å². The highest BCUT2D eigenvalue weighted by Gasteiger charge is 2.68. The minimum Gasteiger partial charge on any atom is -0.507 e. The van der Waals surface area contributed by atoms with Crippen molar-refractivity contribution in [3.05, 3.63) is 88.5 Å². The topological polar surface area (TPSA) is 133 Å². The van der Waals surface area contributed by atoms with E-state index >= 15 is 0 Å². The summed E-state index contributed by atoms with van der Waals surface area (Å²) in [5, 5.41) is 28.6. The lowest BCUT2D eigenvalue weighted by Gasteiger charge is -2.49. The van der Waals surface area contributed by atoms with Crippen LogP contribution in [0, 0.1) is 36.0 Å². The number of hydrogen-bond acceptors (Lipinski definition) is 8. The molecule has 6 atom stereocenters. The number of nitrogens with zero attached hydrogens (tertiary/aromatic N) is 4.